The zero-order chi connectivity index (χ0) is 15.8. The number of nitrogens with two attached hydrogens (primary N) is 1. The first-order valence-corrected chi connectivity index (χ1v) is 7.65. The molecule has 0 spiro atoms. The summed E-state index contributed by atoms with van der Waals surface area (Å²) in [6.45, 7) is 11.3. The Balaban J connectivity index is 2.28. The van der Waals surface area contributed by atoms with Crippen molar-refractivity contribution in [3.8, 4) is 0 Å². The van der Waals surface area contributed by atoms with E-state index in [0.717, 1.165) is 12.8 Å². The summed E-state index contributed by atoms with van der Waals surface area (Å²) in [7, 11) is 0. The highest BCUT2D eigenvalue weighted by atomic mass is 16.5. The van der Waals surface area contributed by atoms with Crippen molar-refractivity contribution in [2.75, 3.05) is 12.3 Å². The van der Waals surface area contributed by atoms with Crippen molar-refractivity contribution in [1.29, 1.82) is 0 Å². The highest BCUT2D eigenvalue weighted by Crippen LogP contribution is 2.50. The summed E-state index contributed by atoms with van der Waals surface area (Å²) in [6.07, 6.45) is 4.96. The molecule has 1 aliphatic carbocycles. The van der Waals surface area contributed by atoms with Crippen LogP contribution < -0.4 is 5.73 Å². The van der Waals surface area contributed by atoms with Gasteiger partial charge < -0.3 is 15.0 Å². The van der Waals surface area contributed by atoms with E-state index in [4.69, 9.17) is 10.5 Å². The summed E-state index contributed by atoms with van der Waals surface area (Å²) >= 11 is 0. The molecular weight excluding hydrogens is 266 g/mol. The smallest absolute Gasteiger partial charge is 0.360 e. The van der Waals surface area contributed by atoms with Crippen molar-refractivity contribution >= 4 is 11.8 Å². The van der Waals surface area contributed by atoms with Crippen molar-refractivity contribution in [3.05, 3.63) is 12.0 Å². The second-order valence-corrected chi connectivity index (χ2v) is 7.67. The number of imidazole rings is 1. The average molecular weight is 293 g/mol. The van der Waals surface area contributed by atoms with E-state index in [0.29, 0.717) is 12.4 Å². The number of rotatable bonds is 3. The van der Waals surface area contributed by atoms with Gasteiger partial charge in [-0.25, -0.2) is 9.78 Å². The number of carbonyl (C=O) groups is 1. The molecule has 1 aromatic rings. The molecule has 0 unspecified atom stereocenters. The summed E-state index contributed by atoms with van der Waals surface area (Å²) < 4.78 is 6.95. The van der Waals surface area contributed by atoms with Crippen LogP contribution in [0, 0.1) is 10.8 Å². The lowest BCUT2D eigenvalue weighted by Crippen LogP contribution is -2.35. The van der Waals surface area contributed by atoms with E-state index in [1.165, 1.54) is 6.42 Å². The number of anilines is 1. The Hall–Kier alpha value is -1.52. The van der Waals surface area contributed by atoms with Gasteiger partial charge in [0.15, 0.2) is 5.69 Å². The van der Waals surface area contributed by atoms with Gasteiger partial charge in [-0.3, -0.25) is 0 Å². The van der Waals surface area contributed by atoms with Crippen LogP contribution >= 0.6 is 0 Å². The molecule has 1 heterocycles. The van der Waals surface area contributed by atoms with Gasteiger partial charge in [0.2, 0.25) is 0 Å². The van der Waals surface area contributed by atoms with E-state index in [1.54, 1.807) is 13.3 Å². The van der Waals surface area contributed by atoms with Crippen molar-refractivity contribution in [2.45, 2.75) is 59.9 Å². The molecule has 1 saturated carbocycles. The number of carbonyl (C=O) groups excluding carboxylic acids is 1. The van der Waals surface area contributed by atoms with Crippen LogP contribution in [-0.2, 0) is 4.74 Å². The number of hydrogen-bond donors (Lipinski definition) is 1. The molecule has 1 fully saturated rings. The van der Waals surface area contributed by atoms with E-state index in [1.807, 2.05) is 4.57 Å². The molecule has 0 saturated heterocycles. The van der Waals surface area contributed by atoms with Gasteiger partial charge in [0.1, 0.15) is 5.82 Å². The highest BCUT2D eigenvalue weighted by molar-refractivity contribution is 5.92. The average Bonchev–Trinajstić information content (AvgIpc) is 2.67. The molecule has 0 aromatic carbocycles. The Morgan fingerprint density at radius 3 is 2.48 bits per heavy atom. The Bertz CT molecular complexity index is 516. The Labute approximate surface area is 126 Å². The molecule has 1 aliphatic rings. The number of esters is 1. The standard InChI is InChI=1S/C16H27N3O2/c1-6-21-14(20)12-13(17)19(10-18-12)11-7-15(2,3)9-16(4,5)8-11/h10-11H,6-9,17H2,1-5H3. The first-order valence-electron chi connectivity index (χ1n) is 7.65. The van der Waals surface area contributed by atoms with E-state index >= 15 is 0 Å². The minimum atomic E-state index is -0.442. The van der Waals surface area contributed by atoms with Crippen molar-refractivity contribution in [1.82, 2.24) is 9.55 Å². The lowest BCUT2D eigenvalue weighted by molar-refractivity contribution is 0.0521. The molecule has 21 heavy (non-hydrogen) atoms. The second kappa shape index (κ2) is 5.35. The van der Waals surface area contributed by atoms with Crippen LogP contribution in [0.25, 0.3) is 0 Å². The number of aromatic nitrogens is 2. The predicted octanol–water partition coefficient (Wildman–Crippen LogP) is 3.42. The molecule has 1 aromatic heterocycles. The maximum absolute atomic E-state index is 11.8. The lowest BCUT2D eigenvalue weighted by atomic mass is 9.63. The number of nitrogen functional groups attached to an aromatic ring is 1. The zero-order valence-corrected chi connectivity index (χ0v) is 13.8. The molecule has 0 amide bonds. The molecule has 0 radical (unpaired) electrons. The van der Waals surface area contributed by atoms with Crippen molar-refractivity contribution in [2.24, 2.45) is 10.8 Å². The van der Waals surface area contributed by atoms with E-state index < -0.39 is 5.97 Å². The monoisotopic (exact) mass is 293 g/mol. The van der Waals surface area contributed by atoms with Gasteiger partial charge >= 0.3 is 5.97 Å². The van der Waals surface area contributed by atoms with Gasteiger partial charge in [0.05, 0.1) is 12.9 Å². The lowest BCUT2D eigenvalue weighted by Gasteiger charge is -2.45. The first-order chi connectivity index (χ1) is 9.65. The maximum Gasteiger partial charge on any atom is 0.360 e. The van der Waals surface area contributed by atoms with Crippen LogP contribution in [-0.4, -0.2) is 22.1 Å². The third-order valence-electron chi connectivity index (χ3n) is 4.23. The number of ether oxygens (including phenoxy) is 1. The van der Waals surface area contributed by atoms with Crippen LogP contribution in [0.1, 0.15) is 70.4 Å². The van der Waals surface area contributed by atoms with E-state index in [-0.39, 0.29) is 22.6 Å². The first kappa shape index (κ1) is 15.9. The topological polar surface area (TPSA) is 70.1 Å². The van der Waals surface area contributed by atoms with Gasteiger partial charge in [0.25, 0.3) is 0 Å². The predicted molar refractivity (Wildman–Crippen MR) is 83.0 cm³/mol. The highest BCUT2D eigenvalue weighted by Gasteiger charge is 2.39. The van der Waals surface area contributed by atoms with Crippen LogP contribution in [0.5, 0.6) is 0 Å². The Kier molecular flexibility index (Phi) is 4.04. The molecule has 0 atom stereocenters. The van der Waals surface area contributed by atoms with Gasteiger partial charge in [-0.1, -0.05) is 27.7 Å². The summed E-state index contributed by atoms with van der Waals surface area (Å²) in [5, 5.41) is 0. The molecule has 118 valence electrons. The van der Waals surface area contributed by atoms with Crippen LogP contribution in [0.3, 0.4) is 0 Å². The fraction of sp³-hybridized carbons (Fsp3) is 0.750. The van der Waals surface area contributed by atoms with Gasteiger partial charge in [-0.15, -0.1) is 0 Å². The third kappa shape index (κ3) is 3.39. The molecule has 0 aliphatic heterocycles. The zero-order valence-electron chi connectivity index (χ0n) is 13.8. The minimum Gasteiger partial charge on any atom is -0.461 e. The van der Waals surface area contributed by atoms with Gasteiger partial charge in [0, 0.05) is 6.04 Å². The van der Waals surface area contributed by atoms with Gasteiger partial charge in [-0.2, -0.15) is 0 Å². The normalized spacial score (nSPS) is 21.2. The quantitative estimate of drug-likeness (QED) is 0.867. The molecule has 5 nitrogen and oxygen atoms in total. The Morgan fingerprint density at radius 1 is 1.38 bits per heavy atom. The largest absolute Gasteiger partial charge is 0.461 e. The fourth-order valence-corrected chi connectivity index (χ4v) is 4.00. The summed E-state index contributed by atoms with van der Waals surface area (Å²) in [6, 6.07) is 0.277. The number of hydrogen-bond acceptors (Lipinski definition) is 4. The SMILES string of the molecule is CCOC(=O)c1ncn(C2CC(C)(C)CC(C)(C)C2)c1N. The molecule has 2 N–H and O–H groups in total. The minimum absolute atomic E-state index is 0.234. The van der Waals surface area contributed by atoms with Crippen molar-refractivity contribution < 1.29 is 9.53 Å². The molecular formula is C16H27N3O2. The molecule has 5 heteroatoms. The molecule has 2 rings (SSSR count). The third-order valence-corrected chi connectivity index (χ3v) is 4.23. The maximum atomic E-state index is 11.8. The Morgan fingerprint density at radius 2 is 1.95 bits per heavy atom. The number of nitrogens with zero attached hydrogens (tertiary/aromatic N) is 2. The summed E-state index contributed by atoms with van der Waals surface area (Å²) in [5.41, 5.74) is 6.89. The van der Waals surface area contributed by atoms with E-state index in [2.05, 4.69) is 32.7 Å². The summed E-state index contributed by atoms with van der Waals surface area (Å²) in [4.78, 5) is 16.0. The van der Waals surface area contributed by atoms with Crippen molar-refractivity contribution in [3.63, 3.8) is 0 Å². The van der Waals surface area contributed by atoms with Crippen LogP contribution in [0.15, 0.2) is 6.33 Å². The summed E-state index contributed by atoms with van der Waals surface area (Å²) in [5.74, 6) is -0.0185. The second-order valence-electron chi connectivity index (χ2n) is 7.67. The van der Waals surface area contributed by atoms with Gasteiger partial charge in [-0.05, 0) is 37.0 Å². The van der Waals surface area contributed by atoms with Crippen LogP contribution in [0.2, 0.25) is 0 Å². The molecule has 0 bridgehead atoms. The van der Waals surface area contributed by atoms with Crippen LogP contribution in [0.4, 0.5) is 5.82 Å². The fourth-order valence-electron chi connectivity index (χ4n) is 4.00. The van der Waals surface area contributed by atoms with E-state index in [9.17, 15) is 4.79 Å².